The minimum absolute atomic E-state index is 0. The Morgan fingerprint density at radius 3 is 2.25 bits per heavy atom. The van der Waals surface area contributed by atoms with Gasteiger partial charge in [-0.3, -0.25) is 0 Å². The summed E-state index contributed by atoms with van der Waals surface area (Å²) in [5, 5.41) is 0. The fraction of sp³-hybridized carbons (Fsp3) is 0.125. The number of ether oxygens (including phenoxy) is 1. The Labute approximate surface area is 91.9 Å². The molecule has 0 heterocycles. The Hall–Kier alpha value is -0.230. The summed E-state index contributed by atoms with van der Waals surface area (Å²) in [6.07, 6.45) is 0. The van der Waals surface area contributed by atoms with E-state index >= 15 is 0 Å². The summed E-state index contributed by atoms with van der Waals surface area (Å²) in [5.74, 6) is -0.290. The van der Waals surface area contributed by atoms with Gasteiger partial charge in [0.1, 0.15) is 0 Å². The first-order valence-corrected chi connectivity index (χ1v) is 4.16. The highest BCUT2D eigenvalue weighted by Gasteiger charge is 2.02. The lowest BCUT2D eigenvalue weighted by molar-refractivity contribution is 0.0600. The van der Waals surface area contributed by atoms with Crippen molar-refractivity contribution in [1.29, 1.82) is 0 Å². The van der Waals surface area contributed by atoms with E-state index in [0.29, 0.717) is 5.56 Å². The molecule has 1 aromatic rings. The first-order valence-electron chi connectivity index (χ1n) is 3.08. The molecule has 0 aromatic heterocycles. The quantitative estimate of drug-likeness (QED) is 0.586. The standard InChI is InChI=1S/C8H7IO2.H2S/c1-11-8(10)6-2-4-7(9)5-3-6;/h2-5H,1H3;1H2. The van der Waals surface area contributed by atoms with Crippen LogP contribution in [0.25, 0.3) is 0 Å². The van der Waals surface area contributed by atoms with Crippen molar-refractivity contribution in [3.8, 4) is 0 Å². The van der Waals surface area contributed by atoms with E-state index in [1.165, 1.54) is 7.11 Å². The Morgan fingerprint density at radius 2 is 1.83 bits per heavy atom. The molecule has 0 bridgehead atoms. The third-order valence-electron chi connectivity index (χ3n) is 1.27. The van der Waals surface area contributed by atoms with Gasteiger partial charge in [0, 0.05) is 3.57 Å². The van der Waals surface area contributed by atoms with E-state index in [9.17, 15) is 4.79 Å². The number of hydrogen-bond donors (Lipinski definition) is 0. The molecule has 0 spiro atoms. The molecule has 4 heteroatoms. The lowest BCUT2D eigenvalue weighted by atomic mass is 10.2. The van der Waals surface area contributed by atoms with E-state index in [4.69, 9.17) is 0 Å². The van der Waals surface area contributed by atoms with Crippen molar-refractivity contribution in [3.05, 3.63) is 33.4 Å². The van der Waals surface area contributed by atoms with Crippen LogP contribution in [-0.4, -0.2) is 13.1 Å². The third-order valence-corrected chi connectivity index (χ3v) is 1.98. The topological polar surface area (TPSA) is 26.3 Å². The molecule has 0 aliphatic carbocycles. The van der Waals surface area contributed by atoms with Crippen molar-refractivity contribution in [2.75, 3.05) is 7.11 Å². The van der Waals surface area contributed by atoms with Crippen LogP contribution in [0.5, 0.6) is 0 Å². The van der Waals surface area contributed by atoms with E-state index in [2.05, 4.69) is 27.3 Å². The number of carbonyl (C=O) groups is 1. The van der Waals surface area contributed by atoms with Crippen molar-refractivity contribution in [1.82, 2.24) is 0 Å². The summed E-state index contributed by atoms with van der Waals surface area (Å²) < 4.78 is 5.64. The van der Waals surface area contributed by atoms with Crippen molar-refractivity contribution < 1.29 is 9.53 Å². The van der Waals surface area contributed by atoms with E-state index in [0.717, 1.165) is 3.57 Å². The lowest BCUT2D eigenvalue weighted by Crippen LogP contribution is -2.00. The first-order chi connectivity index (χ1) is 5.24. The van der Waals surface area contributed by atoms with Gasteiger partial charge in [-0.2, -0.15) is 13.5 Å². The minimum atomic E-state index is -0.290. The zero-order valence-corrected chi connectivity index (χ0v) is 9.66. The Balaban J connectivity index is 0.00000121. The maximum atomic E-state index is 10.9. The van der Waals surface area contributed by atoms with Gasteiger partial charge in [-0.15, -0.1) is 0 Å². The van der Waals surface area contributed by atoms with Crippen LogP contribution in [0, 0.1) is 3.57 Å². The summed E-state index contributed by atoms with van der Waals surface area (Å²) in [7, 11) is 1.38. The molecule has 0 unspecified atom stereocenters. The SMILES string of the molecule is COC(=O)c1ccc(I)cc1.S. The summed E-state index contributed by atoms with van der Waals surface area (Å²) in [5.41, 5.74) is 0.591. The normalized spacial score (nSPS) is 8.50. The van der Waals surface area contributed by atoms with Crippen molar-refractivity contribution in [3.63, 3.8) is 0 Å². The van der Waals surface area contributed by atoms with E-state index < -0.39 is 0 Å². The molecule has 66 valence electrons. The molecule has 0 fully saturated rings. The second-order valence-electron chi connectivity index (χ2n) is 2.00. The van der Waals surface area contributed by atoms with Gasteiger partial charge < -0.3 is 4.74 Å². The second-order valence-corrected chi connectivity index (χ2v) is 3.24. The van der Waals surface area contributed by atoms with Gasteiger partial charge >= 0.3 is 5.97 Å². The molecule has 0 saturated heterocycles. The minimum Gasteiger partial charge on any atom is -0.465 e. The zero-order chi connectivity index (χ0) is 8.27. The van der Waals surface area contributed by atoms with Crippen molar-refractivity contribution in [2.45, 2.75) is 0 Å². The van der Waals surface area contributed by atoms with Gasteiger partial charge in [0.2, 0.25) is 0 Å². The monoisotopic (exact) mass is 296 g/mol. The first kappa shape index (κ1) is 11.8. The maximum absolute atomic E-state index is 10.9. The lowest BCUT2D eigenvalue weighted by Gasteiger charge is -1.97. The van der Waals surface area contributed by atoms with Crippen LogP contribution in [0.3, 0.4) is 0 Å². The third kappa shape index (κ3) is 3.02. The Bertz CT molecular complexity index is 258. The predicted octanol–water partition coefficient (Wildman–Crippen LogP) is 2.19. The van der Waals surface area contributed by atoms with Crippen LogP contribution in [0.4, 0.5) is 0 Å². The van der Waals surface area contributed by atoms with Gasteiger partial charge in [-0.1, -0.05) is 0 Å². The molecular weight excluding hydrogens is 287 g/mol. The predicted molar refractivity (Wildman–Crippen MR) is 60.9 cm³/mol. The van der Waals surface area contributed by atoms with E-state index in [1.54, 1.807) is 12.1 Å². The fourth-order valence-corrected chi connectivity index (χ4v) is 1.06. The summed E-state index contributed by atoms with van der Waals surface area (Å²) in [6, 6.07) is 7.22. The molecular formula is C8H9IO2S. The molecule has 12 heavy (non-hydrogen) atoms. The van der Waals surface area contributed by atoms with Gasteiger partial charge in [-0.25, -0.2) is 4.79 Å². The number of methoxy groups -OCH3 is 1. The fourth-order valence-electron chi connectivity index (χ4n) is 0.704. The van der Waals surface area contributed by atoms with Gasteiger partial charge in [-0.05, 0) is 46.9 Å². The molecule has 0 amide bonds. The molecule has 0 N–H and O–H groups in total. The molecule has 0 radical (unpaired) electrons. The Morgan fingerprint density at radius 1 is 1.33 bits per heavy atom. The zero-order valence-electron chi connectivity index (χ0n) is 6.50. The van der Waals surface area contributed by atoms with Gasteiger partial charge in [0.25, 0.3) is 0 Å². The second kappa shape index (κ2) is 5.42. The van der Waals surface area contributed by atoms with Gasteiger partial charge in [0.05, 0.1) is 12.7 Å². The summed E-state index contributed by atoms with van der Waals surface area (Å²) in [4.78, 5) is 10.9. The van der Waals surface area contributed by atoms with E-state index in [1.807, 2.05) is 12.1 Å². The molecule has 0 atom stereocenters. The highest BCUT2D eigenvalue weighted by atomic mass is 127. The van der Waals surface area contributed by atoms with Crippen LogP contribution in [0.2, 0.25) is 0 Å². The molecule has 2 nitrogen and oxygen atoms in total. The maximum Gasteiger partial charge on any atom is 0.337 e. The number of benzene rings is 1. The molecule has 0 aliphatic rings. The van der Waals surface area contributed by atoms with E-state index in [-0.39, 0.29) is 19.5 Å². The number of carbonyl (C=O) groups excluding carboxylic acids is 1. The van der Waals surface area contributed by atoms with Crippen LogP contribution in [0.1, 0.15) is 10.4 Å². The van der Waals surface area contributed by atoms with Gasteiger partial charge in [0.15, 0.2) is 0 Å². The molecule has 0 aliphatic heterocycles. The Kier molecular flexibility index (Phi) is 5.32. The highest BCUT2D eigenvalue weighted by Crippen LogP contribution is 2.07. The average molecular weight is 296 g/mol. The number of hydrogen-bond acceptors (Lipinski definition) is 2. The van der Waals surface area contributed by atoms with Crippen LogP contribution in [0.15, 0.2) is 24.3 Å². The summed E-state index contributed by atoms with van der Waals surface area (Å²) in [6.45, 7) is 0. The van der Waals surface area contributed by atoms with Crippen molar-refractivity contribution in [2.24, 2.45) is 0 Å². The molecule has 1 aromatic carbocycles. The van der Waals surface area contributed by atoms with Crippen LogP contribution in [-0.2, 0) is 4.74 Å². The largest absolute Gasteiger partial charge is 0.465 e. The van der Waals surface area contributed by atoms with Crippen molar-refractivity contribution >= 4 is 42.1 Å². The smallest absolute Gasteiger partial charge is 0.337 e. The molecule has 1 rings (SSSR count). The van der Waals surface area contributed by atoms with Crippen LogP contribution < -0.4 is 0 Å². The van der Waals surface area contributed by atoms with Crippen LogP contribution >= 0.6 is 36.1 Å². The number of halogens is 1. The molecule has 0 saturated carbocycles. The highest BCUT2D eigenvalue weighted by molar-refractivity contribution is 14.1. The average Bonchev–Trinajstić information content (AvgIpc) is 2.05. The number of rotatable bonds is 1. The summed E-state index contributed by atoms with van der Waals surface area (Å²) >= 11 is 2.18. The number of esters is 1.